The molecule has 0 aliphatic rings. The largest absolute Gasteiger partial charge is 0.508 e. The van der Waals surface area contributed by atoms with Crippen molar-refractivity contribution in [3.63, 3.8) is 0 Å². The van der Waals surface area contributed by atoms with E-state index in [1.807, 2.05) is 23.6 Å². The van der Waals surface area contributed by atoms with Crippen LogP contribution in [-0.2, 0) is 11.3 Å². The van der Waals surface area contributed by atoms with E-state index in [4.69, 9.17) is 11.6 Å². The molecular formula is C19H18ClN5O2S. The lowest BCUT2D eigenvalue weighted by molar-refractivity contribution is -0.118. The van der Waals surface area contributed by atoms with Crippen molar-refractivity contribution in [1.82, 2.24) is 20.2 Å². The number of halogens is 1. The number of aromatic nitrogens is 3. The van der Waals surface area contributed by atoms with Gasteiger partial charge >= 0.3 is 0 Å². The van der Waals surface area contributed by atoms with Crippen LogP contribution in [0.2, 0.25) is 5.02 Å². The second-order valence-corrected chi connectivity index (χ2v) is 7.11. The summed E-state index contributed by atoms with van der Waals surface area (Å²) in [5.74, 6) is 0.813. The number of nitrogens with one attached hydrogen (secondary N) is 1. The highest BCUT2D eigenvalue weighted by atomic mass is 35.5. The Balaban J connectivity index is 1.58. The zero-order valence-electron chi connectivity index (χ0n) is 15.0. The topological polar surface area (TPSA) is 92.4 Å². The first-order valence-corrected chi connectivity index (χ1v) is 9.86. The molecule has 144 valence electrons. The maximum absolute atomic E-state index is 12.0. The molecule has 28 heavy (non-hydrogen) atoms. The minimum absolute atomic E-state index is 0.158. The van der Waals surface area contributed by atoms with Crippen LogP contribution in [0.4, 0.5) is 0 Å². The highest BCUT2D eigenvalue weighted by Gasteiger charge is 2.14. The van der Waals surface area contributed by atoms with Gasteiger partial charge in [-0.2, -0.15) is 5.10 Å². The Morgan fingerprint density at radius 2 is 1.93 bits per heavy atom. The molecule has 0 bridgehead atoms. The van der Waals surface area contributed by atoms with Crippen molar-refractivity contribution in [3.8, 4) is 17.1 Å². The van der Waals surface area contributed by atoms with Gasteiger partial charge in [0.05, 0.1) is 12.0 Å². The first kappa shape index (κ1) is 19.9. The number of phenols is 1. The van der Waals surface area contributed by atoms with Crippen molar-refractivity contribution >= 4 is 35.5 Å². The second-order valence-electron chi connectivity index (χ2n) is 5.73. The van der Waals surface area contributed by atoms with Gasteiger partial charge in [0, 0.05) is 17.1 Å². The molecule has 3 rings (SSSR count). The van der Waals surface area contributed by atoms with Crippen molar-refractivity contribution < 1.29 is 9.90 Å². The van der Waals surface area contributed by atoms with Gasteiger partial charge in [-0.25, -0.2) is 5.43 Å². The maximum Gasteiger partial charge on any atom is 0.250 e. The summed E-state index contributed by atoms with van der Waals surface area (Å²) in [5.41, 5.74) is 4.15. The molecule has 2 aromatic carbocycles. The molecule has 0 saturated heterocycles. The van der Waals surface area contributed by atoms with Gasteiger partial charge < -0.3 is 9.67 Å². The van der Waals surface area contributed by atoms with Gasteiger partial charge in [-0.1, -0.05) is 23.4 Å². The zero-order chi connectivity index (χ0) is 19.9. The molecule has 0 atom stereocenters. The SMILES string of the molecule is CCn1c(SCC(=O)N/N=C\c2ccc(O)cc2)nnc1-c1ccc(Cl)cc1. The molecule has 1 aromatic heterocycles. The summed E-state index contributed by atoms with van der Waals surface area (Å²) in [5, 5.41) is 22.9. The number of carbonyl (C=O) groups excluding carboxylic acids is 1. The zero-order valence-corrected chi connectivity index (χ0v) is 16.6. The van der Waals surface area contributed by atoms with Crippen molar-refractivity contribution in [2.24, 2.45) is 5.10 Å². The van der Waals surface area contributed by atoms with Crippen molar-refractivity contribution in [2.45, 2.75) is 18.6 Å². The molecule has 0 unspecified atom stereocenters. The molecule has 2 N–H and O–H groups in total. The standard InChI is InChI=1S/C19H18ClN5O2S/c1-2-25-18(14-5-7-15(20)8-6-14)23-24-19(25)28-12-17(27)22-21-11-13-3-9-16(26)10-4-13/h3-11,26H,2,12H2,1H3,(H,22,27)/b21-11-. The van der Waals surface area contributed by atoms with Crippen LogP contribution in [-0.4, -0.2) is 37.7 Å². The van der Waals surface area contributed by atoms with E-state index in [9.17, 15) is 9.90 Å². The average molecular weight is 416 g/mol. The molecule has 0 fully saturated rings. The van der Waals surface area contributed by atoms with Crippen molar-refractivity contribution in [2.75, 3.05) is 5.75 Å². The average Bonchev–Trinajstić information content (AvgIpc) is 3.11. The monoisotopic (exact) mass is 415 g/mol. The van der Waals surface area contributed by atoms with Crippen LogP contribution < -0.4 is 5.43 Å². The predicted molar refractivity (Wildman–Crippen MR) is 111 cm³/mol. The number of nitrogens with zero attached hydrogens (tertiary/aromatic N) is 4. The van der Waals surface area contributed by atoms with E-state index in [0.717, 1.165) is 17.0 Å². The highest BCUT2D eigenvalue weighted by molar-refractivity contribution is 7.99. The lowest BCUT2D eigenvalue weighted by Crippen LogP contribution is -2.20. The molecule has 0 spiro atoms. The fraction of sp³-hybridized carbons (Fsp3) is 0.158. The summed E-state index contributed by atoms with van der Waals surface area (Å²) in [6.07, 6.45) is 1.51. The maximum atomic E-state index is 12.0. The summed E-state index contributed by atoms with van der Waals surface area (Å²) < 4.78 is 1.95. The molecule has 3 aromatic rings. The van der Waals surface area contributed by atoms with E-state index >= 15 is 0 Å². The van der Waals surface area contributed by atoms with E-state index in [1.165, 1.54) is 18.0 Å². The van der Waals surface area contributed by atoms with E-state index in [-0.39, 0.29) is 17.4 Å². The number of hydrogen-bond acceptors (Lipinski definition) is 6. The Morgan fingerprint density at radius 1 is 1.21 bits per heavy atom. The highest BCUT2D eigenvalue weighted by Crippen LogP contribution is 2.25. The molecule has 1 heterocycles. The van der Waals surface area contributed by atoms with Crippen molar-refractivity contribution in [3.05, 3.63) is 59.1 Å². The third-order valence-electron chi connectivity index (χ3n) is 3.76. The van der Waals surface area contributed by atoms with E-state index in [1.54, 1.807) is 36.4 Å². The quantitative estimate of drug-likeness (QED) is 0.349. The minimum Gasteiger partial charge on any atom is -0.508 e. The minimum atomic E-state index is -0.251. The lowest BCUT2D eigenvalue weighted by atomic mass is 10.2. The van der Waals surface area contributed by atoms with Crippen LogP contribution in [0.15, 0.2) is 58.8 Å². The number of amides is 1. The van der Waals surface area contributed by atoms with E-state index in [0.29, 0.717) is 16.7 Å². The second kappa shape index (κ2) is 9.38. The molecule has 0 saturated carbocycles. The predicted octanol–water partition coefficient (Wildman–Crippen LogP) is 3.57. The summed E-state index contributed by atoms with van der Waals surface area (Å²) >= 11 is 7.23. The van der Waals surface area contributed by atoms with Crippen LogP contribution in [0.5, 0.6) is 5.75 Å². The number of phenolic OH excluding ortho intramolecular Hbond substituents is 1. The Hall–Kier alpha value is -2.84. The van der Waals surface area contributed by atoms with Gasteiger partial charge in [0.1, 0.15) is 5.75 Å². The van der Waals surface area contributed by atoms with Crippen LogP contribution >= 0.6 is 23.4 Å². The Bertz CT molecular complexity index is 971. The summed E-state index contributed by atoms with van der Waals surface area (Å²) in [7, 11) is 0. The van der Waals surface area contributed by atoms with Gasteiger partial charge in [0.15, 0.2) is 11.0 Å². The normalized spacial score (nSPS) is 11.1. The van der Waals surface area contributed by atoms with E-state index < -0.39 is 0 Å². The third kappa shape index (κ3) is 5.11. The Labute approximate surface area is 171 Å². The molecule has 0 aliphatic carbocycles. The first-order valence-electron chi connectivity index (χ1n) is 8.49. The number of hydrazone groups is 1. The molecule has 0 aliphatic heterocycles. The number of rotatable bonds is 7. The Morgan fingerprint density at radius 3 is 2.61 bits per heavy atom. The van der Waals surface area contributed by atoms with Crippen LogP contribution in [0.3, 0.4) is 0 Å². The number of aromatic hydroxyl groups is 1. The van der Waals surface area contributed by atoms with Gasteiger partial charge in [0.2, 0.25) is 0 Å². The third-order valence-corrected chi connectivity index (χ3v) is 4.98. The fourth-order valence-electron chi connectivity index (χ4n) is 2.39. The molecular weight excluding hydrogens is 398 g/mol. The van der Waals surface area contributed by atoms with Crippen LogP contribution in [0, 0.1) is 0 Å². The van der Waals surface area contributed by atoms with Gasteiger partial charge in [-0.3, -0.25) is 4.79 Å². The summed E-state index contributed by atoms with van der Waals surface area (Å²) in [6.45, 7) is 2.67. The Kier molecular flexibility index (Phi) is 6.67. The lowest BCUT2D eigenvalue weighted by Gasteiger charge is -2.07. The van der Waals surface area contributed by atoms with Gasteiger partial charge in [-0.05, 0) is 61.0 Å². The molecule has 0 radical (unpaired) electrons. The molecule has 9 heteroatoms. The van der Waals surface area contributed by atoms with Gasteiger partial charge in [0.25, 0.3) is 5.91 Å². The first-order chi connectivity index (χ1) is 13.6. The summed E-state index contributed by atoms with van der Waals surface area (Å²) in [4.78, 5) is 12.0. The van der Waals surface area contributed by atoms with Crippen LogP contribution in [0.25, 0.3) is 11.4 Å². The van der Waals surface area contributed by atoms with Crippen LogP contribution in [0.1, 0.15) is 12.5 Å². The molecule has 7 nitrogen and oxygen atoms in total. The number of hydrogen-bond donors (Lipinski definition) is 2. The number of thioether (sulfide) groups is 1. The summed E-state index contributed by atoms with van der Waals surface area (Å²) in [6, 6.07) is 13.9. The molecule has 1 amide bonds. The van der Waals surface area contributed by atoms with E-state index in [2.05, 4.69) is 20.7 Å². The number of benzene rings is 2. The fourth-order valence-corrected chi connectivity index (χ4v) is 3.32. The van der Waals surface area contributed by atoms with Gasteiger partial charge in [-0.15, -0.1) is 10.2 Å². The smallest absolute Gasteiger partial charge is 0.250 e. The van der Waals surface area contributed by atoms with Crippen molar-refractivity contribution in [1.29, 1.82) is 0 Å². The number of carbonyl (C=O) groups is 1.